The molecule has 74 valence electrons. The largest absolute Gasteiger partial charge is 0.469 e. The van der Waals surface area contributed by atoms with Crippen LogP contribution in [0.3, 0.4) is 0 Å². The number of nitrogens with zero attached hydrogens (tertiary/aromatic N) is 2. The van der Waals surface area contributed by atoms with Crippen LogP contribution in [0.25, 0.3) is 0 Å². The predicted octanol–water partition coefficient (Wildman–Crippen LogP) is 1.95. The Hall–Kier alpha value is -1.71. The van der Waals surface area contributed by atoms with E-state index in [0.717, 1.165) is 18.3 Å². The number of aromatic nitrogens is 2. The fourth-order valence-electron chi connectivity index (χ4n) is 1.37. The lowest BCUT2D eigenvalue weighted by Crippen LogP contribution is -2.17. The number of imidazole rings is 1. The van der Waals surface area contributed by atoms with Gasteiger partial charge in [-0.25, -0.2) is 4.98 Å². The second kappa shape index (κ2) is 3.57. The molecule has 0 fully saturated rings. The van der Waals surface area contributed by atoms with Gasteiger partial charge in [-0.2, -0.15) is 0 Å². The van der Waals surface area contributed by atoms with E-state index in [2.05, 4.69) is 9.97 Å². The first-order valence-electron chi connectivity index (χ1n) is 4.51. The van der Waals surface area contributed by atoms with Crippen LogP contribution in [0.1, 0.15) is 11.3 Å². The molecule has 1 N–H and O–H groups in total. The van der Waals surface area contributed by atoms with Gasteiger partial charge in [0.1, 0.15) is 5.76 Å². The molecule has 0 saturated carbocycles. The number of aromatic amines is 1. The van der Waals surface area contributed by atoms with E-state index in [4.69, 9.17) is 4.42 Å². The lowest BCUT2D eigenvalue weighted by Gasteiger charge is -2.14. The van der Waals surface area contributed by atoms with Crippen LogP contribution in [0.4, 0.5) is 5.95 Å². The molecule has 4 heteroatoms. The number of hydrogen-bond acceptors (Lipinski definition) is 3. The van der Waals surface area contributed by atoms with Crippen molar-refractivity contribution in [3.8, 4) is 0 Å². The second-order valence-corrected chi connectivity index (χ2v) is 3.27. The highest BCUT2D eigenvalue weighted by molar-refractivity contribution is 5.30. The Labute approximate surface area is 82.6 Å². The maximum atomic E-state index is 5.23. The molecule has 14 heavy (non-hydrogen) atoms. The molecule has 0 saturated heterocycles. The number of hydrogen-bond donors (Lipinski definition) is 1. The lowest BCUT2D eigenvalue weighted by molar-refractivity contribution is 0.529. The van der Waals surface area contributed by atoms with E-state index in [9.17, 15) is 0 Å². The summed E-state index contributed by atoms with van der Waals surface area (Å²) in [6.45, 7) is 2.77. The molecule has 2 aromatic rings. The summed E-state index contributed by atoms with van der Waals surface area (Å²) in [5, 5.41) is 0. The molecular weight excluding hydrogens is 178 g/mol. The van der Waals surface area contributed by atoms with Crippen molar-refractivity contribution < 1.29 is 4.42 Å². The molecule has 0 unspecified atom stereocenters. The highest BCUT2D eigenvalue weighted by atomic mass is 16.3. The van der Waals surface area contributed by atoms with E-state index in [0.29, 0.717) is 0 Å². The van der Waals surface area contributed by atoms with E-state index in [1.54, 1.807) is 12.5 Å². The van der Waals surface area contributed by atoms with E-state index in [-0.39, 0.29) is 0 Å². The van der Waals surface area contributed by atoms with Gasteiger partial charge in [0.25, 0.3) is 0 Å². The van der Waals surface area contributed by atoms with Gasteiger partial charge in [-0.05, 0) is 13.0 Å². The zero-order valence-corrected chi connectivity index (χ0v) is 8.32. The van der Waals surface area contributed by atoms with Crippen LogP contribution in [0.15, 0.2) is 29.1 Å². The number of anilines is 1. The Morgan fingerprint density at radius 2 is 2.43 bits per heavy atom. The first kappa shape index (κ1) is 8.87. The third kappa shape index (κ3) is 1.64. The van der Waals surface area contributed by atoms with Crippen molar-refractivity contribution in [3.05, 3.63) is 36.0 Å². The molecule has 0 amide bonds. The number of H-pyrrole nitrogens is 1. The highest BCUT2D eigenvalue weighted by Gasteiger charge is 2.07. The van der Waals surface area contributed by atoms with Crippen molar-refractivity contribution in [1.29, 1.82) is 0 Å². The summed E-state index contributed by atoms with van der Waals surface area (Å²) in [6, 6.07) is 1.98. The Kier molecular flexibility index (Phi) is 2.26. The monoisotopic (exact) mass is 191 g/mol. The fraction of sp³-hybridized carbons (Fsp3) is 0.300. The predicted molar refractivity (Wildman–Crippen MR) is 54.1 cm³/mol. The number of rotatable bonds is 3. The second-order valence-electron chi connectivity index (χ2n) is 3.27. The quantitative estimate of drug-likeness (QED) is 0.806. The summed E-state index contributed by atoms with van der Waals surface area (Å²) in [5.41, 5.74) is 1.18. The summed E-state index contributed by atoms with van der Waals surface area (Å²) >= 11 is 0. The zero-order valence-electron chi connectivity index (χ0n) is 8.32. The van der Waals surface area contributed by atoms with Crippen molar-refractivity contribution in [1.82, 2.24) is 9.97 Å². The van der Waals surface area contributed by atoms with Gasteiger partial charge in [0, 0.05) is 31.5 Å². The summed E-state index contributed by atoms with van der Waals surface area (Å²) in [7, 11) is 1.99. The minimum atomic E-state index is 0.801. The molecule has 0 aromatic carbocycles. The normalized spacial score (nSPS) is 10.4. The fourth-order valence-corrected chi connectivity index (χ4v) is 1.37. The van der Waals surface area contributed by atoms with Crippen molar-refractivity contribution in [2.45, 2.75) is 13.5 Å². The summed E-state index contributed by atoms with van der Waals surface area (Å²) in [4.78, 5) is 9.26. The topological polar surface area (TPSA) is 45.1 Å². The maximum Gasteiger partial charge on any atom is 0.202 e. The standard InChI is InChI=1S/C10H13N3O/c1-8-9(3-6-14-8)7-13(2)10-11-4-5-12-10/h3-6H,7H2,1-2H3,(H,11,12). The number of aryl methyl sites for hydroxylation is 1. The summed E-state index contributed by atoms with van der Waals surface area (Å²) < 4.78 is 5.23. The summed E-state index contributed by atoms with van der Waals surface area (Å²) in [5.74, 6) is 1.83. The van der Waals surface area contributed by atoms with E-state index in [1.165, 1.54) is 5.56 Å². The third-order valence-electron chi connectivity index (χ3n) is 2.22. The lowest BCUT2D eigenvalue weighted by atomic mass is 10.2. The van der Waals surface area contributed by atoms with Crippen LogP contribution in [0.5, 0.6) is 0 Å². The minimum absolute atomic E-state index is 0.801. The van der Waals surface area contributed by atoms with E-state index >= 15 is 0 Å². The van der Waals surface area contributed by atoms with E-state index < -0.39 is 0 Å². The molecule has 2 aromatic heterocycles. The average Bonchev–Trinajstić information content (AvgIpc) is 2.77. The number of nitrogens with one attached hydrogen (secondary N) is 1. The van der Waals surface area contributed by atoms with E-state index in [1.807, 2.05) is 31.1 Å². The van der Waals surface area contributed by atoms with Gasteiger partial charge in [-0.3, -0.25) is 0 Å². The number of furan rings is 1. The first-order chi connectivity index (χ1) is 6.77. The first-order valence-corrected chi connectivity index (χ1v) is 4.51. The molecule has 0 aliphatic rings. The smallest absolute Gasteiger partial charge is 0.202 e. The molecule has 2 rings (SSSR count). The van der Waals surface area contributed by atoms with Gasteiger partial charge in [0.15, 0.2) is 0 Å². The Bertz CT molecular complexity index is 391. The summed E-state index contributed by atoms with van der Waals surface area (Å²) in [6.07, 6.45) is 5.27. The average molecular weight is 191 g/mol. The van der Waals surface area contributed by atoms with Crippen molar-refractivity contribution >= 4 is 5.95 Å². The van der Waals surface area contributed by atoms with Crippen LogP contribution in [-0.4, -0.2) is 17.0 Å². The zero-order chi connectivity index (χ0) is 9.97. The van der Waals surface area contributed by atoms with Gasteiger partial charge >= 0.3 is 0 Å². The molecule has 0 radical (unpaired) electrons. The minimum Gasteiger partial charge on any atom is -0.469 e. The molecule has 4 nitrogen and oxygen atoms in total. The highest BCUT2D eigenvalue weighted by Crippen LogP contribution is 2.13. The molecule has 2 heterocycles. The Morgan fingerprint density at radius 1 is 1.57 bits per heavy atom. The van der Waals surface area contributed by atoms with Crippen molar-refractivity contribution in [2.24, 2.45) is 0 Å². The van der Waals surface area contributed by atoms with Gasteiger partial charge in [-0.15, -0.1) is 0 Å². The van der Waals surface area contributed by atoms with Crippen molar-refractivity contribution in [2.75, 3.05) is 11.9 Å². The molecule has 0 aliphatic heterocycles. The van der Waals surface area contributed by atoms with Gasteiger partial charge in [0.05, 0.1) is 6.26 Å². The van der Waals surface area contributed by atoms with Crippen LogP contribution < -0.4 is 4.90 Å². The SMILES string of the molecule is Cc1occc1CN(C)c1ncc[nH]1. The molecule has 0 spiro atoms. The molecule has 0 atom stereocenters. The molecular formula is C10H13N3O. The van der Waals surface area contributed by atoms with Gasteiger partial charge in [-0.1, -0.05) is 0 Å². The van der Waals surface area contributed by atoms with Crippen LogP contribution >= 0.6 is 0 Å². The maximum absolute atomic E-state index is 5.23. The van der Waals surface area contributed by atoms with Gasteiger partial charge in [0.2, 0.25) is 5.95 Å². The van der Waals surface area contributed by atoms with Crippen LogP contribution in [0, 0.1) is 6.92 Å². The van der Waals surface area contributed by atoms with Crippen LogP contribution in [0.2, 0.25) is 0 Å². The Morgan fingerprint density at radius 3 is 3.00 bits per heavy atom. The van der Waals surface area contributed by atoms with Crippen LogP contribution in [-0.2, 0) is 6.54 Å². The molecule has 0 aliphatic carbocycles. The Balaban J connectivity index is 2.09. The molecule has 0 bridgehead atoms. The van der Waals surface area contributed by atoms with Gasteiger partial charge < -0.3 is 14.3 Å². The van der Waals surface area contributed by atoms with Crippen molar-refractivity contribution in [3.63, 3.8) is 0 Å². The third-order valence-corrected chi connectivity index (χ3v) is 2.22.